The van der Waals surface area contributed by atoms with Gasteiger partial charge in [-0.1, -0.05) is 0 Å². The predicted molar refractivity (Wildman–Crippen MR) is 101 cm³/mol. The van der Waals surface area contributed by atoms with Crippen LogP contribution in [-0.2, 0) is 23.7 Å². The molecule has 0 spiro atoms. The highest BCUT2D eigenvalue weighted by Crippen LogP contribution is 2.32. The summed E-state index contributed by atoms with van der Waals surface area (Å²) in [6.45, 7) is -2.35. The van der Waals surface area contributed by atoms with Gasteiger partial charge in [-0.15, -0.1) is 0 Å². The molecule has 0 radical (unpaired) electrons. The van der Waals surface area contributed by atoms with E-state index in [1.807, 2.05) is 0 Å². The van der Waals surface area contributed by atoms with Crippen molar-refractivity contribution in [3.63, 3.8) is 0 Å². The average molecular weight is 504 g/mol. The molecule has 200 valence electrons. The van der Waals surface area contributed by atoms with Crippen molar-refractivity contribution in [2.24, 2.45) is 0 Å². The largest absolute Gasteiger partial charge is 0.394 e. The van der Waals surface area contributed by atoms with Gasteiger partial charge in [0.1, 0.15) is 73.2 Å². The molecule has 3 heterocycles. The van der Waals surface area contributed by atoms with Crippen molar-refractivity contribution in [3.8, 4) is 0 Å². The predicted octanol–water partition coefficient (Wildman–Crippen LogP) is -7.57. The zero-order chi connectivity index (χ0) is 25.3. The van der Waals surface area contributed by atoms with E-state index in [9.17, 15) is 56.2 Å². The molecule has 3 aliphatic rings. The van der Waals surface area contributed by atoms with Crippen LogP contribution in [0.3, 0.4) is 0 Å². The minimum atomic E-state index is -1.89. The van der Waals surface area contributed by atoms with E-state index in [2.05, 4.69) is 0 Å². The summed E-state index contributed by atoms with van der Waals surface area (Å²) in [6, 6.07) is 0. The van der Waals surface area contributed by atoms with Gasteiger partial charge < -0.3 is 79.9 Å². The maximum Gasteiger partial charge on any atom is 0.187 e. The van der Waals surface area contributed by atoms with Crippen LogP contribution in [0, 0.1) is 0 Å². The van der Waals surface area contributed by atoms with Crippen LogP contribution in [-0.4, -0.2) is 168 Å². The van der Waals surface area contributed by atoms with Crippen LogP contribution in [0.25, 0.3) is 0 Å². The van der Waals surface area contributed by atoms with E-state index < -0.39 is 112 Å². The number of rotatable bonds is 7. The first-order valence-corrected chi connectivity index (χ1v) is 10.6. The Morgan fingerprint density at radius 1 is 0.441 bits per heavy atom. The molecule has 0 aromatic carbocycles. The highest BCUT2D eigenvalue weighted by Gasteiger charge is 2.53. The maximum atomic E-state index is 10.6. The number of hydrogen-bond donors (Lipinski definition) is 11. The fourth-order valence-electron chi connectivity index (χ4n) is 4.04. The van der Waals surface area contributed by atoms with Gasteiger partial charge in [-0.2, -0.15) is 0 Å². The molecule has 34 heavy (non-hydrogen) atoms. The third-order valence-electron chi connectivity index (χ3n) is 6.09. The number of hydrogen-bond acceptors (Lipinski definition) is 16. The van der Waals surface area contributed by atoms with E-state index >= 15 is 0 Å². The van der Waals surface area contributed by atoms with Crippen LogP contribution in [0.15, 0.2) is 0 Å². The van der Waals surface area contributed by atoms with Crippen molar-refractivity contribution in [2.75, 3.05) is 19.8 Å². The molecule has 0 aliphatic carbocycles. The lowest BCUT2D eigenvalue weighted by atomic mass is 9.96. The Labute approximate surface area is 192 Å². The Kier molecular flexibility index (Phi) is 9.54. The third-order valence-corrected chi connectivity index (χ3v) is 6.09. The first-order chi connectivity index (χ1) is 16.0. The molecule has 3 fully saturated rings. The quantitative estimate of drug-likeness (QED) is 0.154. The Balaban J connectivity index is 1.84. The van der Waals surface area contributed by atoms with Crippen molar-refractivity contribution in [3.05, 3.63) is 0 Å². The Bertz CT molecular complexity index is 637. The van der Waals surface area contributed by atoms with Crippen LogP contribution < -0.4 is 0 Å². The van der Waals surface area contributed by atoms with Crippen molar-refractivity contribution in [1.29, 1.82) is 0 Å². The molecule has 0 saturated carbocycles. The number of aliphatic hydroxyl groups excluding tert-OH is 11. The van der Waals surface area contributed by atoms with Crippen LogP contribution in [0.5, 0.6) is 0 Å². The van der Waals surface area contributed by atoms with Crippen molar-refractivity contribution in [1.82, 2.24) is 0 Å². The molecule has 0 unspecified atom stereocenters. The van der Waals surface area contributed by atoms with Gasteiger partial charge in [0.05, 0.1) is 19.8 Å². The fraction of sp³-hybridized carbons (Fsp3) is 1.00. The fourth-order valence-corrected chi connectivity index (χ4v) is 4.04. The summed E-state index contributed by atoms with van der Waals surface area (Å²) >= 11 is 0. The lowest BCUT2D eigenvalue weighted by Crippen LogP contribution is -2.66. The van der Waals surface area contributed by atoms with Crippen molar-refractivity contribution in [2.45, 2.75) is 92.1 Å². The van der Waals surface area contributed by atoms with Gasteiger partial charge in [0, 0.05) is 0 Å². The number of ether oxygens (including phenoxy) is 5. The molecule has 11 N–H and O–H groups in total. The summed E-state index contributed by atoms with van der Waals surface area (Å²) in [6.07, 6.45) is -25.6. The molecule has 0 aromatic heterocycles. The van der Waals surface area contributed by atoms with E-state index in [0.717, 1.165) is 0 Å². The summed E-state index contributed by atoms with van der Waals surface area (Å²) in [5, 5.41) is 109. The van der Waals surface area contributed by atoms with Crippen LogP contribution in [0.2, 0.25) is 0 Å². The molecule has 15 atom stereocenters. The van der Waals surface area contributed by atoms with Crippen LogP contribution >= 0.6 is 0 Å². The molecule has 0 amide bonds. The molecular formula is C18H32O16. The van der Waals surface area contributed by atoms with Gasteiger partial charge in [0.25, 0.3) is 0 Å². The highest BCUT2D eigenvalue weighted by atomic mass is 16.8. The lowest BCUT2D eigenvalue weighted by molar-refractivity contribution is -0.387. The van der Waals surface area contributed by atoms with E-state index in [1.165, 1.54) is 0 Å². The minimum Gasteiger partial charge on any atom is -0.394 e. The van der Waals surface area contributed by atoms with E-state index in [-0.39, 0.29) is 0 Å². The maximum absolute atomic E-state index is 10.6. The molecule has 3 saturated heterocycles. The van der Waals surface area contributed by atoms with Gasteiger partial charge in [-0.25, -0.2) is 0 Å². The average Bonchev–Trinajstić information content (AvgIpc) is 2.83. The molecule has 16 nitrogen and oxygen atoms in total. The SMILES string of the molecule is OC[C@H]1O[C@H](O[C@@H]2[C@H](O[C@H]3[C@H](O)[C@@H](O)[C@H](O)O[C@@H]3CO)O[C@H](CO)[C@@H](O)[C@@H]2O)[C@@H](O)[C@@H](O)[C@@H]1O. The standard InChI is InChI=1S/C18H32O16/c19-1-4-7(22)9(24)13(28)17(31-4)34-15-10(25)8(23)5(2-20)32-18(15)33-14-6(3-21)30-16(29)12(27)11(14)26/h4-29H,1-3H2/t4-,5-,6-,7-,8-,9+,10+,11-,12-,13+,14-,15+,16-,17-,18+/m1/s1. The lowest BCUT2D eigenvalue weighted by Gasteiger charge is -2.48. The van der Waals surface area contributed by atoms with Gasteiger partial charge >= 0.3 is 0 Å². The van der Waals surface area contributed by atoms with Gasteiger partial charge in [-0.05, 0) is 0 Å². The Hall–Kier alpha value is -0.640. The van der Waals surface area contributed by atoms with E-state index in [0.29, 0.717) is 0 Å². The summed E-state index contributed by atoms with van der Waals surface area (Å²) in [4.78, 5) is 0. The summed E-state index contributed by atoms with van der Waals surface area (Å²) in [5.74, 6) is 0. The Morgan fingerprint density at radius 2 is 0.912 bits per heavy atom. The molecule has 3 aliphatic heterocycles. The minimum absolute atomic E-state index is 0.770. The summed E-state index contributed by atoms with van der Waals surface area (Å²) in [7, 11) is 0. The summed E-state index contributed by atoms with van der Waals surface area (Å²) in [5.41, 5.74) is 0. The summed E-state index contributed by atoms with van der Waals surface area (Å²) < 4.78 is 26.7. The van der Waals surface area contributed by atoms with Crippen molar-refractivity contribution < 1.29 is 79.9 Å². The zero-order valence-electron chi connectivity index (χ0n) is 17.7. The molecular weight excluding hydrogens is 472 g/mol. The topological polar surface area (TPSA) is 269 Å². The molecule has 0 aromatic rings. The monoisotopic (exact) mass is 504 g/mol. The smallest absolute Gasteiger partial charge is 0.187 e. The number of aliphatic hydroxyl groups is 11. The molecule has 16 heteroatoms. The Morgan fingerprint density at radius 3 is 1.47 bits per heavy atom. The van der Waals surface area contributed by atoms with Crippen LogP contribution in [0.4, 0.5) is 0 Å². The van der Waals surface area contributed by atoms with E-state index in [4.69, 9.17) is 23.7 Å². The first-order valence-electron chi connectivity index (χ1n) is 10.6. The van der Waals surface area contributed by atoms with E-state index in [1.54, 1.807) is 0 Å². The normalized spacial score (nSPS) is 52.5. The van der Waals surface area contributed by atoms with Crippen molar-refractivity contribution >= 4 is 0 Å². The molecule has 0 bridgehead atoms. The second-order valence-electron chi connectivity index (χ2n) is 8.33. The highest BCUT2D eigenvalue weighted by molar-refractivity contribution is 4.96. The second kappa shape index (κ2) is 11.6. The zero-order valence-corrected chi connectivity index (χ0v) is 17.7. The third kappa shape index (κ3) is 5.37. The molecule has 3 rings (SSSR count). The van der Waals surface area contributed by atoms with Gasteiger partial charge in [0.2, 0.25) is 0 Å². The van der Waals surface area contributed by atoms with Gasteiger partial charge in [-0.3, -0.25) is 0 Å². The second-order valence-corrected chi connectivity index (χ2v) is 8.33. The first kappa shape index (κ1) is 27.9. The van der Waals surface area contributed by atoms with Gasteiger partial charge in [0.15, 0.2) is 18.9 Å². The van der Waals surface area contributed by atoms with Crippen LogP contribution in [0.1, 0.15) is 0 Å².